The molecule has 0 aliphatic carbocycles. The molecule has 0 amide bonds. The fourth-order valence-corrected chi connectivity index (χ4v) is 4.11. The zero-order valence-electron chi connectivity index (χ0n) is 15.4. The number of aliphatic carboxylic acids is 1. The zero-order valence-corrected chi connectivity index (χ0v) is 15.4. The number of oxime groups is 1. The van der Waals surface area contributed by atoms with Crippen molar-refractivity contribution in [1.29, 1.82) is 0 Å². The van der Waals surface area contributed by atoms with Crippen molar-refractivity contribution in [3.63, 3.8) is 0 Å². The van der Waals surface area contributed by atoms with Gasteiger partial charge in [-0.15, -0.1) is 0 Å². The summed E-state index contributed by atoms with van der Waals surface area (Å²) in [5.74, 6) is -0.525. The standard InChI is InChI=1S/C20H27FN2O3/c1-14(2)12-23-9-3-8-20(13-23,19(24)25)11-17-10-18(22-26-17)15-4-6-16(21)7-5-15/h4-7,14,17H,3,8-13H2,1-2H3,(H,24,25). The molecule has 0 bridgehead atoms. The summed E-state index contributed by atoms with van der Waals surface area (Å²) in [7, 11) is 0. The van der Waals surface area contributed by atoms with E-state index in [1.54, 1.807) is 12.1 Å². The number of likely N-dealkylation sites (tertiary alicyclic amines) is 1. The Morgan fingerprint density at radius 3 is 2.81 bits per heavy atom. The number of benzene rings is 1. The van der Waals surface area contributed by atoms with Crippen LogP contribution in [0.3, 0.4) is 0 Å². The Kier molecular flexibility index (Phi) is 5.61. The quantitative estimate of drug-likeness (QED) is 0.841. The molecule has 1 aromatic rings. The van der Waals surface area contributed by atoms with Crippen LogP contribution in [0, 0.1) is 17.2 Å². The lowest BCUT2D eigenvalue weighted by molar-refractivity contribution is -0.155. The maximum atomic E-state index is 13.1. The summed E-state index contributed by atoms with van der Waals surface area (Å²) in [5, 5.41) is 14.1. The van der Waals surface area contributed by atoms with E-state index in [1.807, 2.05) is 0 Å². The number of carboxylic acids is 1. The Labute approximate surface area is 153 Å². The van der Waals surface area contributed by atoms with Gasteiger partial charge in [0.05, 0.1) is 11.1 Å². The SMILES string of the molecule is CC(C)CN1CCCC(CC2CC(c3ccc(F)cc3)=NO2)(C(=O)O)C1. The molecule has 2 heterocycles. The van der Waals surface area contributed by atoms with Gasteiger partial charge in [0, 0.05) is 25.9 Å². The molecule has 2 unspecified atom stereocenters. The van der Waals surface area contributed by atoms with Crippen LogP contribution < -0.4 is 0 Å². The predicted octanol–water partition coefficient (Wildman–Crippen LogP) is 3.53. The van der Waals surface area contributed by atoms with Crippen LogP contribution in [-0.2, 0) is 9.63 Å². The lowest BCUT2D eigenvalue weighted by Crippen LogP contribution is -2.50. The van der Waals surface area contributed by atoms with Gasteiger partial charge in [0.15, 0.2) is 0 Å². The average molecular weight is 362 g/mol. The molecule has 2 aliphatic heterocycles. The van der Waals surface area contributed by atoms with Crippen LogP contribution in [0.1, 0.15) is 45.1 Å². The second kappa shape index (κ2) is 7.74. The van der Waals surface area contributed by atoms with Crippen molar-refractivity contribution in [2.24, 2.45) is 16.5 Å². The topological polar surface area (TPSA) is 62.1 Å². The summed E-state index contributed by atoms with van der Waals surface area (Å²) in [6, 6.07) is 6.15. The number of carbonyl (C=O) groups is 1. The van der Waals surface area contributed by atoms with E-state index < -0.39 is 11.4 Å². The molecule has 6 heteroatoms. The fourth-order valence-electron chi connectivity index (χ4n) is 4.11. The largest absolute Gasteiger partial charge is 0.481 e. The Balaban J connectivity index is 1.66. The van der Waals surface area contributed by atoms with Gasteiger partial charge in [-0.1, -0.05) is 31.1 Å². The van der Waals surface area contributed by atoms with Crippen molar-refractivity contribution < 1.29 is 19.1 Å². The van der Waals surface area contributed by atoms with Gasteiger partial charge in [-0.25, -0.2) is 4.39 Å². The predicted molar refractivity (Wildman–Crippen MR) is 97.6 cm³/mol. The minimum atomic E-state index is -0.786. The van der Waals surface area contributed by atoms with Crippen LogP contribution in [0.5, 0.6) is 0 Å². The van der Waals surface area contributed by atoms with Crippen LogP contribution in [-0.4, -0.2) is 47.4 Å². The highest BCUT2D eigenvalue weighted by Gasteiger charge is 2.45. The number of carboxylic acid groups (broad SMARTS) is 1. The maximum absolute atomic E-state index is 13.1. The van der Waals surface area contributed by atoms with Crippen molar-refractivity contribution in [3.05, 3.63) is 35.6 Å². The molecule has 2 aliphatic rings. The molecule has 3 rings (SSSR count). The highest BCUT2D eigenvalue weighted by Crippen LogP contribution is 2.38. The van der Waals surface area contributed by atoms with Gasteiger partial charge in [-0.3, -0.25) is 4.79 Å². The molecule has 5 nitrogen and oxygen atoms in total. The lowest BCUT2D eigenvalue weighted by Gasteiger charge is -2.41. The molecular weight excluding hydrogens is 335 g/mol. The lowest BCUT2D eigenvalue weighted by atomic mass is 9.74. The van der Waals surface area contributed by atoms with E-state index in [4.69, 9.17) is 4.84 Å². The minimum Gasteiger partial charge on any atom is -0.481 e. The van der Waals surface area contributed by atoms with Crippen LogP contribution >= 0.6 is 0 Å². The summed E-state index contributed by atoms with van der Waals surface area (Å²) < 4.78 is 13.1. The third-order valence-electron chi connectivity index (χ3n) is 5.26. The molecule has 0 saturated carbocycles. The monoisotopic (exact) mass is 362 g/mol. The third-order valence-corrected chi connectivity index (χ3v) is 5.26. The zero-order chi connectivity index (χ0) is 18.7. The first-order valence-electron chi connectivity index (χ1n) is 9.32. The number of halogens is 1. The second-order valence-electron chi connectivity index (χ2n) is 8.00. The molecule has 142 valence electrons. The molecule has 26 heavy (non-hydrogen) atoms. The summed E-state index contributed by atoms with van der Waals surface area (Å²) >= 11 is 0. The fraction of sp³-hybridized carbons (Fsp3) is 0.600. The normalized spacial score (nSPS) is 26.6. The Hall–Kier alpha value is -1.95. The maximum Gasteiger partial charge on any atom is 0.311 e. The van der Waals surface area contributed by atoms with Crippen molar-refractivity contribution in [1.82, 2.24) is 4.90 Å². The van der Waals surface area contributed by atoms with Gasteiger partial charge in [-0.2, -0.15) is 0 Å². The third kappa shape index (κ3) is 4.23. The van der Waals surface area contributed by atoms with E-state index in [-0.39, 0.29) is 11.9 Å². The van der Waals surface area contributed by atoms with E-state index in [0.717, 1.165) is 30.8 Å². The molecule has 1 N–H and O–H groups in total. The molecule has 0 radical (unpaired) electrons. The molecule has 1 saturated heterocycles. The highest BCUT2D eigenvalue weighted by molar-refractivity contribution is 6.01. The average Bonchev–Trinajstić information content (AvgIpc) is 3.03. The number of piperidine rings is 1. The summed E-state index contributed by atoms with van der Waals surface area (Å²) in [4.78, 5) is 19.9. The van der Waals surface area contributed by atoms with Gasteiger partial charge in [-0.05, 0) is 43.0 Å². The molecule has 1 aromatic carbocycles. The Morgan fingerprint density at radius 2 is 2.15 bits per heavy atom. The van der Waals surface area contributed by atoms with Crippen molar-refractivity contribution >= 4 is 11.7 Å². The van der Waals surface area contributed by atoms with Gasteiger partial charge >= 0.3 is 5.97 Å². The number of rotatable bonds is 6. The van der Waals surface area contributed by atoms with Crippen molar-refractivity contribution in [2.75, 3.05) is 19.6 Å². The molecule has 1 fully saturated rings. The second-order valence-corrected chi connectivity index (χ2v) is 8.00. The van der Waals surface area contributed by atoms with E-state index in [1.165, 1.54) is 12.1 Å². The van der Waals surface area contributed by atoms with Gasteiger partial charge in [0.25, 0.3) is 0 Å². The minimum absolute atomic E-state index is 0.245. The number of nitrogens with zero attached hydrogens (tertiary/aromatic N) is 2. The van der Waals surface area contributed by atoms with E-state index in [2.05, 4.69) is 23.9 Å². The van der Waals surface area contributed by atoms with Crippen LogP contribution in [0.25, 0.3) is 0 Å². The van der Waals surface area contributed by atoms with Gasteiger partial charge in [0.1, 0.15) is 11.9 Å². The summed E-state index contributed by atoms with van der Waals surface area (Å²) in [6.07, 6.45) is 2.32. The summed E-state index contributed by atoms with van der Waals surface area (Å²) in [6.45, 7) is 6.74. The Morgan fingerprint density at radius 1 is 1.42 bits per heavy atom. The first kappa shape index (κ1) is 18.8. The number of hydrogen-bond acceptors (Lipinski definition) is 4. The van der Waals surface area contributed by atoms with Crippen LogP contribution in [0.15, 0.2) is 29.4 Å². The molecular formula is C20H27FN2O3. The first-order chi connectivity index (χ1) is 12.4. The van der Waals surface area contributed by atoms with E-state index in [9.17, 15) is 14.3 Å². The molecule has 0 aromatic heterocycles. The molecule has 2 atom stereocenters. The Bertz CT molecular complexity index is 674. The first-order valence-corrected chi connectivity index (χ1v) is 9.32. The smallest absolute Gasteiger partial charge is 0.311 e. The van der Waals surface area contributed by atoms with E-state index >= 15 is 0 Å². The number of hydrogen-bond donors (Lipinski definition) is 1. The van der Waals surface area contributed by atoms with Gasteiger partial charge < -0.3 is 14.8 Å². The van der Waals surface area contributed by atoms with Crippen molar-refractivity contribution in [3.8, 4) is 0 Å². The van der Waals surface area contributed by atoms with Crippen LogP contribution in [0.4, 0.5) is 4.39 Å². The van der Waals surface area contributed by atoms with Crippen molar-refractivity contribution in [2.45, 2.75) is 45.6 Å². The van der Waals surface area contributed by atoms with Gasteiger partial charge in [0.2, 0.25) is 0 Å². The summed E-state index contributed by atoms with van der Waals surface area (Å²) in [5.41, 5.74) is 0.791. The highest BCUT2D eigenvalue weighted by atomic mass is 19.1. The molecule has 0 spiro atoms. The van der Waals surface area contributed by atoms with Crippen LogP contribution in [0.2, 0.25) is 0 Å². The van der Waals surface area contributed by atoms with E-state index in [0.29, 0.717) is 31.7 Å².